The van der Waals surface area contributed by atoms with Crippen LogP contribution >= 0.6 is 11.8 Å². The molecule has 0 aliphatic rings. The van der Waals surface area contributed by atoms with Gasteiger partial charge in [-0.3, -0.25) is 9.59 Å². The molecular formula is C21H22FN5O2S. The van der Waals surface area contributed by atoms with Gasteiger partial charge in [-0.05, 0) is 24.6 Å². The van der Waals surface area contributed by atoms with Crippen molar-refractivity contribution in [2.24, 2.45) is 0 Å². The number of halogens is 1. The minimum atomic E-state index is -0.485. The number of nitrogens with zero attached hydrogens (tertiary/aromatic N) is 3. The van der Waals surface area contributed by atoms with Gasteiger partial charge in [-0.25, -0.2) is 4.39 Å². The molecule has 0 saturated carbocycles. The summed E-state index contributed by atoms with van der Waals surface area (Å²) < 4.78 is 15.5. The van der Waals surface area contributed by atoms with Gasteiger partial charge in [0.25, 0.3) is 0 Å². The smallest absolute Gasteiger partial charge is 0.234 e. The molecule has 3 aromatic rings. The number of hydrogen-bond acceptors (Lipinski definition) is 5. The number of carbonyl (C=O) groups excluding carboxylic acids is 2. The van der Waals surface area contributed by atoms with Gasteiger partial charge < -0.3 is 15.2 Å². The van der Waals surface area contributed by atoms with Gasteiger partial charge in [0.1, 0.15) is 5.82 Å². The van der Waals surface area contributed by atoms with Gasteiger partial charge in [-0.1, -0.05) is 54.2 Å². The fraction of sp³-hybridized carbons (Fsp3) is 0.238. The molecule has 0 saturated heterocycles. The van der Waals surface area contributed by atoms with Gasteiger partial charge in [0.05, 0.1) is 24.4 Å². The molecule has 2 amide bonds. The zero-order chi connectivity index (χ0) is 21.3. The Morgan fingerprint density at radius 3 is 2.50 bits per heavy atom. The Hall–Kier alpha value is -3.20. The first-order valence-corrected chi connectivity index (χ1v) is 10.4. The number of para-hydroxylation sites is 1. The maximum Gasteiger partial charge on any atom is 0.234 e. The molecule has 7 nitrogen and oxygen atoms in total. The van der Waals surface area contributed by atoms with Crippen LogP contribution in [0.25, 0.3) is 0 Å². The summed E-state index contributed by atoms with van der Waals surface area (Å²) in [4.78, 5) is 24.3. The molecule has 0 radical (unpaired) electrons. The number of rotatable bonds is 9. The highest BCUT2D eigenvalue weighted by atomic mass is 32.2. The third-order valence-corrected chi connectivity index (χ3v) is 5.21. The summed E-state index contributed by atoms with van der Waals surface area (Å²) in [6.07, 6.45) is 0.291. The zero-order valence-electron chi connectivity index (χ0n) is 16.5. The lowest BCUT2D eigenvalue weighted by molar-refractivity contribution is -0.120. The van der Waals surface area contributed by atoms with Gasteiger partial charge in [0, 0.05) is 6.54 Å². The summed E-state index contributed by atoms with van der Waals surface area (Å²) >= 11 is 1.20. The average Bonchev–Trinajstić information content (AvgIpc) is 3.15. The van der Waals surface area contributed by atoms with Crippen LogP contribution in [0.2, 0.25) is 0 Å². The van der Waals surface area contributed by atoms with E-state index in [0.29, 0.717) is 23.9 Å². The number of anilines is 1. The molecule has 0 spiro atoms. The maximum atomic E-state index is 13.6. The van der Waals surface area contributed by atoms with Crippen LogP contribution in [0.15, 0.2) is 59.8 Å². The number of carbonyl (C=O) groups is 2. The number of nitrogens with one attached hydrogen (secondary N) is 2. The maximum absolute atomic E-state index is 13.6. The number of hydrogen-bond donors (Lipinski definition) is 2. The van der Waals surface area contributed by atoms with Crippen molar-refractivity contribution >= 4 is 29.3 Å². The highest BCUT2D eigenvalue weighted by molar-refractivity contribution is 7.99. The van der Waals surface area contributed by atoms with Crippen molar-refractivity contribution in [1.29, 1.82) is 0 Å². The van der Waals surface area contributed by atoms with Crippen LogP contribution in [-0.4, -0.2) is 32.3 Å². The van der Waals surface area contributed by atoms with Gasteiger partial charge >= 0.3 is 0 Å². The van der Waals surface area contributed by atoms with Crippen LogP contribution in [0, 0.1) is 5.82 Å². The minimum absolute atomic E-state index is 0.0623. The number of thioether (sulfide) groups is 1. The standard InChI is InChI=1S/C21H22FN5O2S/c1-2-27-18(13-23-19(28)12-15-8-4-3-5-9-15)25-26-21(27)30-14-20(29)24-17-11-7-6-10-16(17)22/h3-11H,2,12-14H2,1H3,(H,23,28)(H,24,29). The van der Waals surface area contributed by atoms with Gasteiger partial charge in [-0.2, -0.15) is 0 Å². The lowest BCUT2D eigenvalue weighted by Gasteiger charge is -2.09. The van der Waals surface area contributed by atoms with Gasteiger partial charge in [-0.15, -0.1) is 10.2 Å². The van der Waals surface area contributed by atoms with Gasteiger partial charge in [0.15, 0.2) is 11.0 Å². The highest BCUT2D eigenvalue weighted by Crippen LogP contribution is 2.18. The monoisotopic (exact) mass is 427 g/mol. The second-order valence-corrected chi connectivity index (χ2v) is 7.34. The second-order valence-electron chi connectivity index (χ2n) is 6.40. The van der Waals surface area contributed by atoms with E-state index in [2.05, 4.69) is 20.8 Å². The van der Waals surface area contributed by atoms with Crippen LogP contribution in [0.5, 0.6) is 0 Å². The quantitative estimate of drug-likeness (QED) is 0.513. The summed E-state index contributed by atoms with van der Waals surface area (Å²) in [6.45, 7) is 2.77. The van der Waals surface area contributed by atoms with E-state index in [9.17, 15) is 14.0 Å². The Balaban J connectivity index is 1.53. The van der Waals surface area contributed by atoms with E-state index in [4.69, 9.17) is 0 Å². The van der Waals surface area contributed by atoms with E-state index in [-0.39, 0.29) is 29.8 Å². The van der Waals surface area contributed by atoms with Crippen molar-refractivity contribution in [3.8, 4) is 0 Å². The molecule has 0 aliphatic heterocycles. The summed E-state index contributed by atoms with van der Waals surface area (Å²) in [5.41, 5.74) is 1.07. The van der Waals surface area contributed by atoms with E-state index in [1.54, 1.807) is 12.1 Å². The molecular weight excluding hydrogens is 405 g/mol. The second kappa shape index (κ2) is 10.5. The van der Waals surface area contributed by atoms with Crippen molar-refractivity contribution in [3.05, 3.63) is 71.8 Å². The number of amides is 2. The van der Waals surface area contributed by atoms with Crippen LogP contribution in [-0.2, 0) is 29.1 Å². The summed E-state index contributed by atoms with van der Waals surface area (Å²) in [5, 5.41) is 14.2. The molecule has 30 heavy (non-hydrogen) atoms. The molecule has 9 heteroatoms. The van der Waals surface area contributed by atoms with Crippen molar-refractivity contribution in [3.63, 3.8) is 0 Å². The predicted molar refractivity (Wildman–Crippen MR) is 113 cm³/mol. The normalized spacial score (nSPS) is 10.6. The lowest BCUT2D eigenvalue weighted by atomic mass is 10.1. The van der Waals surface area contributed by atoms with E-state index >= 15 is 0 Å². The molecule has 3 rings (SSSR count). The predicted octanol–water partition coefficient (Wildman–Crippen LogP) is 3.03. The number of benzene rings is 2. The summed E-state index contributed by atoms with van der Waals surface area (Å²) in [6, 6.07) is 15.5. The molecule has 1 aromatic heterocycles. The van der Waals surface area contributed by atoms with Crippen LogP contribution in [0.3, 0.4) is 0 Å². The highest BCUT2D eigenvalue weighted by Gasteiger charge is 2.15. The Labute approximate surface area is 178 Å². The topological polar surface area (TPSA) is 88.9 Å². The third kappa shape index (κ3) is 5.90. The molecule has 0 aliphatic carbocycles. The first-order valence-electron chi connectivity index (χ1n) is 9.46. The molecule has 2 N–H and O–H groups in total. The minimum Gasteiger partial charge on any atom is -0.349 e. The van der Waals surface area contributed by atoms with Crippen LogP contribution in [0.1, 0.15) is 18.3 Å². The van der Waals surface area contributed by atoms with E-state index in [0.717, 1.165) is 5.56 Å². The van der Waals surface area contributed by atoms with Crippen molar-refractivity contribution < 1.29 is 14.0 Å². The Bertz CT molecular complexity index is 1010. The Kier molecular flexibility index (Phi) is 7.56. The number of aromatic nitrogens is 3. The molecule has 1 heterocycles. The lowest BCUT2D eigenvalue weighted by Crippen LogP contribution is -2.26. The van der Waals surface area contributed by atoms with Crippen molar-refractivity contribution in [2.75, 3.05) is 11.1 Å². The van der Waals surface area contributed by atoms with E-state index in [1.807, 2.05) is 41.8 Å². The SMILES string of the molecule is CCn1c(CNC(=O)Cc2ccccc2)nnc1SCC(=O)Nc1ccccc1F. The Morgan fingerprint density at radius 1 is 1.03 bits per heavy atom. The molecule has 0 atom stereocenters. The summed E-state index contributed by atoms with van der Waals surface area (Å²) in [7, 11) is 0. The largest absolute Gasteiger partial charge is 0.349 e. The summed E-state index contributed by atoms with van der Waals surface area (Å²) in [5.74, 6) is -0.261. The van der Waals surface area contributed by atoms with Crippen molar-refractivity contribution in [2.45, 2.75) is 31.6 Å². The van der Waals surface area contributed by atoms with Crippen LogP contribution in [0.4, 0.5) is 10.1 Å². The first-order chi connectivity index (χ1) is 14.6. The van der Waals surface area contributed by atoms with Crippen LogP contribution < -0.4 is 10.6 Å². The zero-order valence-corrected chi connectivity index (χ0v) is 17.3. The molecule has 2 aromatic carbocycles. The fourth-order valence-corrected chi connectivity index (χ4v) is 3.60. The molecule has 0 fully saturated rings. The molecule has 0 bridgehead atoms. The Morgan fingerprint density at radius 2 is 1.77 bits per heavy atom. The average molecular weight is 428 g/mol. The first kappa shape index (κ1) is 21.5. The van der Waals surface area contributed by atoms with Crippen molar-refractivity contribution in [1.82, 2.24) is 20.1 Å². The van der Waals surface area contributed by atoms with E-state index in [1.165, 1.54) is 23.9 Å². The molecule has 156 valence electrons. The third-order valence-electron chi connectivity index (χ3n) is 4.24. The van der Waals surface area contributed by atoms with E-state index < -0.39 is 5.82 Å². The molecule has 0 unspecified atom stereocenters. The van der Waals surface area contributed by atoms with Gasteiger partial charge in [0.2, 0.25) is 11.8 Å². The fourth-order valence-electron chi connectivity index (χ4n) is 2.77.